The highest BCUT2D eigenvalue weighted by Gasteiger charge is 2.06. The molecule has 0 atom stereocenters. The van der Waals surface area contributed by atoms with Crippen LogP contribution in [0.15, 0.2) is 60.9 Å². The average Bonchev–Trinajstić information content (AvgIpc) is 2.72. The van der Waals surface area contributed by atoms with E-state index in [4.69, 9.17) is 9.47 Å². The number of carbonyl (C=O) groups is 1. The lowest BCUT2D eigenvalue weighted by molar-refractivity contribution is 0.210. The van der Waals surface area contributed by atoms with Crippen LogP contribution < -0.4 is 20.7 Å². The van der Waals surface area contributed by atoms with Gasteiger partial charge >= 0.3 is 6.03 Å². The molecule has 29 heavy (non-hydrogen) atoms. The van der Waals surface area contributed by atoms with E-state index in [1.807, 2.05) is 31.2 Å². The van der Waals surface area contributed by atoms with Gasteiger partial charge in [-0.1, -0.05) is 18.2 Å². The Kier molecular flexibility index (Phi) is 6.96. The molecule has 150 valence electrons. The lowest BCUT2D eigenvalue weighted by Crippen LogP contribution is -2.19. The Hall–Kier alpha value is -3.65. The number of carbonyl (C=O) groups excluding carboxylic acids is 1. The molecular formula is C21H23N5O3. The van der Waals surface area contributed by atoms with Gasteiger partial charge in [0.1, 0.15) is 17.9 Å². The topological polar surface area (TPSA) is 97.4 Å². The van der Waals surface area contributed by atoms with Gasteiger partial charge in [0.25, 0.3) is 0 Å². The number of para-hydroxylation sites is 1. The van der Waals surface area contributed by atoms with Gasteiger partial charge in [-0.15, -0.1) is 0 Å². The summed E-state index contributed by atoms with van der Waals surface area (Å²) in [5, 5.41) is 8.74. The third kappa shape index (κ3) is 6.18. The monoisotopic (exact) mass is 393 g/mol. The third-order valence-corrected chi connectivity index (χ3v) is 3.98. The van der Waals surface area contributed by atoms with Gasteiger partial charge in [-0.05, 0) is 42.8 Å². The Balaban J connectivity index is 1.55. The van der Waals surface area contributed by atoms with Crippen molar-refractivity contribution >= 4 is 23.2 Å². The van der Waals surface area contributed by atoms with Crippen molar-refractivity contribution in [3.8, 4) is 11.6 Å². The zero-order valence-electron chi connectivity index (χ0n) is 16.3. The van der Waals surface area contributed by atoms with Crippen molar-refractivity contribution in [3.63, 3.8) is 0 Å². The number of urea groups is 1. The zero-order valence-corrected chi connectivity index (χ0v) is 16.3. The predicted molar refractivity (Wildman–Crippen MR) is 113 cm³/mol. The van der Waals surface area contributed by atoms with Crippen LogP contribution in [0.3, 0.4) is 0 Å². The number of amides is 2. The van der Waals surface area contributed by atoms with Crippen molar-refractivity contribution < 1.29 is 14.3 Å². The van der Waals surface area contributed by atoms with Crippen molar-refractivity contribution in [3.05, 3.63) is 66.5 Å². The van der Waals surface area contributed by atoms with Gasteiger partial charge in [0.2, 0.25) is 5.88 Å². The number of hydrogen-bond donors (Lipinski definition) is 3. The lowest BCUT2D eigenvalue weighted by atomic mass is 10.2. The minimum Gasteiger partial charge on any atom is -0.439 e. The molecule has 3 aromatic rings. The maximum atomic E-state index is 12.2. The summed E-state index contributed by atoms with van der Waals surface area (Å²) >= 11 is 0. The average molecular weight is 393 g/mol. The van der Waals surface area contributed by atoms with Crippen LogP contribution in [0.25, 0.3) is 0 Å². The first-order valence-corrected chi connectivity index (χ1v) is 9.10. The first-order valence-electron chi connectivity index (χ1n) is 9.10. The summed E-state index contributed by atoms with van der Waals surface area (Å²) in [7, 11) is 1.64. The highest BCUT2D eigenvalue weighted by atomic mass is 16.5. The maximum absolute atomic E-state index is 12.2. The van der Waals surface area contributed by atoms with Crippen LogP contribution in [-0.2, 0) is 4.74 Å². The van der Waals surface area contributed by atoms with Crippen LogP contribution in [0.4, 0.5) is 22.0 Å². The van der Waals surface area contributed by atoms with Gasteiger partial charge in [0.15, 0.2) is 0 Å². The van der Waals surface area contributed by atoms with Crippen LogP contribution in [0, 0.1) is 6.92 Å². The Bertz CT molecular complexity index is 947. The molecule has 1 aromatic heterocycles. The summed E-state index contributed by atoms with van der Waals surface area (Å²) in [6.07, 6.45) is 1.43. The van der Waals surface area contributed by atoms with E-state index in [-0.39, 0.29) is 6.03 Å². The van der Waals surface area contributed by atoms with Gasteiger partial charge in [-0.25, -0.2) is 14.8 Å². The first kappa shape index (κ1) is 20.1. The molecule has 3 rings (SSSR count). The number of aryl methyl sites for hydroxylation is 1. The highest BCUT2D eigenvalue weighted by Crippen LogP contribution is 2.23. The van der Waals surface area contributed by atoms with E-state index >= 15 is 0 Å². The molecule has 1 heterocycles. The second-order valence-corrected chi connectivity index (χ2v) is 6.18. The normalized spacial score (nSPS) is 10.3. The number of aromatic nitrogens is 2. The van der Waals surface area contributed by atoms with E-state index in [1.54, 1.807) is 37.4 Å². The van der Waals surface area contributed by atoms with Crippen LogP contribution in [-0.4, -0.2) is 36.3 Å². The molecule has 2 amide bonds. The van der Waals surface area contributed by atoms with E-state index in [1.165, 1.54) is 6.33 Å². The molecule has 8 heteroatoms. The van der Waals surface area contributed by atoms with Crippen molar-refractivity contribution in [1.29, 1.82) is 0 Å². The van der Waals surface area contributed by atoms with E-state index < -0.39 is 0 Å². The molecule has 0 radical (unpaired) electrons. The molecule has 0 aliphatic rings. The standard InChI is InChI=1S/C21H23N5O3/c1-15-5-3-4-6-18(15)26-21(27)25-16-7-9-17(10-8-16)29-20-13-19(23-14-24-20)22-11-12-28-2/h3-10,13-14H,11-12H2,1-2H3,(H,22,23,24)(H2,25,26,27). The molecule has 2 aromatic carbocycles. The second-order valence-electron chi connectivity index (χ2n) is 6.18. The van der Waals surface area contributed by atoms with Crippen LogP contribution in [0.1, 0.15) is 5.56 Å². The minimum atomic E-state index is -0.310. The van der Waals surface area contributed by atoms with E-state index in [2.05, 4.69) is 25.9 Å². The van der Waals surface area contributed by atoms with E-state index in [0.717, 1.165) is 11.3 Å². The number of nitrogens with zero attached hydrogens (tertiary/aromatic N) is 2. The Morgan fingerprint density at radius 3 is 2.59 bits per heavy atom. The highest BCUT2D eigenvalue weighted by molar-refractivity contribution is 6.00. The van der Waals surface area contributed by atoms with Gasteiger partial charge in [0, 0.05) is 31.1 Å². The Labute approximate surface area is 169 Å². The summed E-state index contributed by atoms with van der Waals surface area (Å²) in [5.74, 6) is 1.66. The van der Waals surface area contributed by atoms with Crippen molar-refractivity contribution in [2.45, 2.75) is 6.92 Å². The fraction of sp³-hybridized carbons (Fsp3) is 0.190. The Morgan fingerprint density at radius 1 is 1.03 bits per heavy atom. The molecule has 0 saturated heterocycles. The molecule has 0 fully saturated rings. The molecule has 0 bridgehead atoms. The number of methoxy groups -OCH3 is 1. The zero-order chi connectivity index (χ0) is 20.5. The molecular weight excluding hydrogens is 370 g/mol. The van der Waals surface area contributed by atoms with Gasteiger partial charge in [0.05, 0.1) is 6.61 Å². The van der Waals surface area contributed by atoms with E-state index in [0.29, 0.717) is 36.3 Å². The lowest BCUT2D eigenvalue weighted by Gasteiger charge is -2.11. The smallest absolute Gasteiger partial charge is 0.323 e. The second kappa shape index (κ2) is 10.0. The number of rotatable bonds is 8. The number of ether oxygens (including phenoxy) is 2. The molecule has 0 aliphatic carbocycles. The predicted octanol–water partition coefficient (Wildman–Crippen LogP) is 4.28. The number of benzene rings is 2. The van der Waals surface area contributed by atoms with Crippen molar-refractivity contribution in [2.24, 2.45) is 0 Å². The van der Waals surface area contributed by atoms with Gasteiger partial charge < -0.3 is 25.4 Å². The first-order chi connectivity index (χ1) is 14.1. The SMILES string of the molecule is COCCNc1cc(Oc2ccc(NC(=O)Nc3ccccc3C)cc2)ncn1. The van der Waals surface area contributed by atoms with Gasteiger partial charge in [-0.3, -0.25) is 0 Å². The van der Waals surface area contributed by atoms with Gasteiger partial charge in [-0.2, -0.15) is 0 Å². The summed E-state index contributed by atoms with van der Waals surface area (Å²) < 4.78 is 10.7. The summed E-state index contributed by atoms with van der Waals surface area (Å²) in [5.41, 5.74) is 2.41. The van der Waals surface area contributed by atoms with E-state index in [9.17, 15) is 4.79 Å². The molecule has 0 unspecified atom stereocenters. The van der Waals surface area contributed by atoms with Crippen molar-refractivity contribution in [1.82, 2.24) is 9.97 Å². The quantitative estimate of drug-likeness (QED) is 0.494. The summed E-state index contributed by atoms with van der Waals surface area (Å²) in [4.78, 5) is 20.4. The number of anilines is 3. The molecule has 0 saturated carbocycles. The largest absolute Gasteiger partial charge is 0.439 e. The third-order valence-electron chi connectivity index (χ3n) is 3.98. The fourth-order valence-electron chi connectivity index (χ4n) is 2.50. The number of nitrogens with one attached hydrogen (secondary N) is 3. The Morgan fingerprint density at radius 2 is 1.83 bits per heavy atom. The van der Waals surface area contributed by atoms with Crippen LogP contribution >= 0.6 is 0 Å². The minimum absolute atomic E-state index is 0.310. The van der Waals surface area contributed by atoms with Crippen LogP contribution in [0.2, 0.25) is 0 Å². The molecule has 0 spiro atoms. The maximum Gasteiger partial charge on any atom is 0.323 e. The molecule has 8 nitrogen and oxygen atoms in total. The molecule has 3 N–H and O–H groups in total. The van der Waals surface area contributed by atoms with Crippen LogP contribution in [0.5, 0.6) is 11.6 Å². The number of hydrogen-bond acceptors (Lipinski definition) is 6. The fourth-order valence-corrected chi connectivity index (χ4v) is 2.50. The summed E-state index contributed by atoms with van der Waals surface area (Å²) in [6.45, 7) is 3.15. The summed E-state index contributed by atoms with van der Waals surface area (Å²) in [6, 6.07) is 16.0. The van der Waals surface area contributed by atoms with Crippen molar-refractivity contribution in [2.75, 3.05) is 36.2 Å². The molecule has 0 aliphatic heterocycles.